The molecule has 1 heterocycles. The first-order valence-corrected chi connectivity index (χ1v) is 6.88. The summed E-state index contributed by atoms with van der Waals surface area (Å²) in [7, 11) is 0. The molecule has 0 aromatic carbocycles. The molecule has 0 bridgehead atoms. The van der Waals surface area contributed by atoms with Crippen molar-refractivity contribution in [2.45, 2.75) is 38.6 Å². The Bertz CT molecular complexity index is 194. The molecule has 1 aliphatic heterocycles. The van der Waals surface area contributed by atoms with Crippen LogP contribution in [0.4, 0.5) is 0 Å². The fraction of sp³-hybridized carbons (Fsp3) is 1.00. The van der Waals surface area contributed by atoms with Gasteiger partial charge >= 0.3 is 0 Å². The molecule has 3 nitrogen and oxygen atoms in total. The average Bonchev–Trinajstić information content (AvgIpc) is 3.09. The van der Waals surface area contributed by atoms with Crippen molar-refractivity contribution in [1.29, 1.82) is 0 Å². The highest BCUT2D eigenvalue weighted by Crippen LogP contribution is 2.28. The minimum Gasteiger partial charge on any atom is -0.380 e. The summed E-state index contributed by atoms with van der Waals surface area (Å²) in [6, 6.07) is 0.664. The van der Waals surface area contributed by atoms with Crippen LogP contribution in [-0.2, 0) is 4.74 Å². The molecular formula is C13H26N2O. The molecule has 0 aromatic rings. The average molecular weight is 226 g/mol. The van der Waals surface area contributed by atoms with Crippen LogP contribution in [0.5, 0.6) is 0 Å². The van der Waals surface area contributed by atoms with E-state index in [9.17, 15) is 0 Å². The monoisotopic (exact) mass is 226 g/mol. The zero-order chi connectivity index (χ0) is 11.2. The lowest BCUT2D eigenvalue weighted by molar-refractivity contribution is 0.125. The summed E-state index contributed by atoms with van der Waals surface area (Å²) < 4.78 is 5.59. The van der Waals surface area contributed by atoms with Gasteiger partial charge in [0.2, 0.25) is 0 Å². The maximum absolute atomic E-state index is 5.59. The fourth-order valence-corrected chi connectivity index (χ4v) is 2.32. The molecule has 0 aromatic heterocycles. The highest BCUT2D eigenvalue weighted by atomic mass is 16.5. The molecule has 1 saturated carbocycles. The third-order valence-electron chi connectivity index (χ3n) is 3.77. The molecule has 2 fully saturated rings. The molecule has 1 aliphatic carbocycles. The van der Waals surface area contributed by atoms with Crippen molar-refractivity contribution in [3.05, 3.63) is 0 Å². The number of rotatable bonds is 7. The molecule has 1 saturated heterocycles. The third-order valence-corrected chi connectivity index (χ3v) is 3.77. The van der Waals surface area contributed by atoms with Gasteiger partial charge in [0.05, 0.1) is 6.61 Å². The predicted molar refractivity (Wildman–Crippen MR) is 66.6 cm³/mol. The van der Waals surface area contributed by atoms with Crippen molar-refractivity contribution in [1.82, 2.24) is 10.6 Å². The number of piperidine rings is 1. The molecule has 2 atom stereocenters. The number of nitrogens with one attached hydrogen (secondary N) is 2. The molecule has 2 aliphatic rings. The minimum atomic E-state index is 0.664. The molecule has 2 N–H and O–H groups in total. The van der Waals surface area contributed by atoms with Gasteiger partial charge in [0.15, 0.2) is 0 Å². The maximum atomic E-state index is 5.59. The largest absolute Gasteiger partial charge is 0.380 e. The minimum absolute atomic E-state index is 0.664. The van der Waals surface area contributed by atoms with E-state index in [1.165, 1.54) is 32.2 Å². The SMILES string of the molecule is CC1CCCNC1CNCCOCC1CC1. The Morgan fingerprint density at radius 1 is 1.31 bits per heavy atom. The van der Waals surface area contributed by atoms with E-state index in [1.54, 1.807) is 0 Å². The van der Waals surface area contributed by atoms with Gasteiger partial charge in [-0.05, 0) is 44.1 Å². The first-order valence-electron chi connectivity index (χ1n) is 6.88. The lowest BCUT2D eigenvalue weighted by Crippen LogP contribution is -2.47. The first-order chi connectivity index (χ1) is 7.86. The Morgan fingerprint density at radius 3 is 2.94 bits per heavy atom. The second-order valence-electron chi connectivity index (χ2n) is 5.40. The summed E-state index contributed by atoms with van der Waals surface area (Å²) >= 11 is 0. The van der Waals surface area contributed by atoms with Crippen molar-refractivity contribution in [3.63, 3.8) is 0 Å². The van der Waals surface area contributed by atoms with Crippen molar-refractivity contribution in [2.24, 2.45) is 11.8 Å². The van der Waals surface area contributed by atoms with Gasteiger partial charge in [-0.25, -0.2) is 0 Å². The second kappa shape index (κ2) is 6.58. The standard InChI is InChI=1S/C13H26N2O/c1-11-3-2-6-15-13(11)9-14-7-8-16-10-12-4-5-12/h11-15H,2-10H2,1H3. The number of ether oxygens (including phenoxy) is 1. The van der Waals surface area contributed by atoms with Crippen LogP contribution < -0.4 is 10.6 Å². The molecule has 0 amide bonds. The topological polar surface area (TPSA) is 33.3 Å². The van der Waals surface area contributed by atoms with E-state index in [-0.39, 0.29) is 0 Å². The molecule has 0 spiro atoms. The first kappa shape index (κ1) is 12.3. The van der Waals surface area contributed by atoms with Gasteiger partial charge in [-0.1, -0.05) is 6.92 Å². The van der Waals surface area contributed by atoms with Gasteiger partial charge in [-0.3, -0.25) is 0 Å². The van der Waals surface area contributed by atoms with Crippen LogP contribution in [0.3, 0.4) is 0 Å². The van der Waals surface area contributed by atoms with E-state index in [1.807, 2.05) is 0 Å². The van der Waals surface area contributed by atoms with E-state index < -0.39 is 0 Å². The molecule has 0 radical (unpaired) electrons. The van der Waals surface area contributed by atoms with Crippen LogP contribution in [0.15, 0.2) is 0 Å². The zero-order valence-corrected chi connectivity index (χ0v) is 10.5. The number of hydrogen-bond acceptors (Lipinski definition) is 3. The van der Waals surface area contributed by atoms with Crippen molar-refractivity contribution < 1.29 is 4.74 Å². The summed E-state index contributed by atoms with van der Waals surface area (Å²) in [5, 5.41) is 7.08. The Kier molecular flexibility index (Phi) is 5.07. The predicted octanol–water partition coefficient (Wildman–Crippen LogP) is 1.39. The van der Waals surface area contributed by atoms with Gasteiger partial charge in [-0.2, -0.15) is 0 Å². The lowest BCUT2D eigenvalue weighted by atomic mass is 9.93. The van der Waals surface area contributed by atoms with Crippen LogP contribution in [0, 0.1) is 11.8 Å². The van der Waals surface area contributed by atoms with Gasteiger partial charge < -0.3 is 15.4 Å². The highest BCUT2D eigenvalue weighted by molar-refractivity contribution is 4.80. The van der Waals surface area contributed by atoms with Gasteiger partial charge in [0, 0.05) is 25.7 Å². The maximum Gasteiger partial charge on any atom is 0.0591 e. The van der Waals surface area contributed by atoms with Crippen LogP contribution >= 0.6 is 0 Å². The summed E-state index contributed by atoms with van der Waals surface area (Å²) in [6.45, 7) is 7.49. The molecule has 3 heteroatoms. The zero-order valence-electron chi connectivity index (χ0n) is 10.5. The second-order valence-corrected chi connectivity index (χ2v) is 5.40. The summed E-state index contributed by atoms with van der Waals surface area (Å²) in [5.41, 5.74) is 0. The fourth-order valence-electron chi connectivity index (χ4n) is 2.32. The third kappa shape index (κ3) is 4.40. The Balaban J connectivity index is 1.43. The number of hydrogen-bond donors (Lipinski definition) is 2. The smallest absolute Gasteiger partial charge is 0.0591 e. The van der Waals surface area contributed by atoms with Crippen LogP contribution in [0.2, 0.25) is 0 Å². The summed E-state index contributed by atoms with van der Waals surface area (Å²) in [5.74, 6) is 1.70. The quantitative estimate of drug-likeness (QED) is 0.644. The Morgan fingerprint density at radius 2 is 2.19 bits per heavy atom. The molecule has 16 heavy (non-hydrogen) atoms. The van der Waals surface area contributed by atoms with Crippen molar-refractivity contribution in [3.8, 4) is 0 Å². The Labute approximate surface area is 99.3 Å². The van der Waals surface area contributed by atoms with Crippen LogP contribution in [-0.4, -0.2) is 38.9 Å². The van der Waals surface area contributed by atoms with Crippen molar-refractivity contribution >= 4 is 0 Å². The van der Waals surface area contributed by atoms with Gasteiger partial charge in [0.1, 0.15) is 0 Å². The van der Waals surface area contributed by atoms with E-state index in [0.29, 0.717) is 6.04 Å². The lowest BCUT2D eigenvalue weighted by Gasteiger charge is -2.30. The van der Waals surface area contributed by atoms with E-state index in [4.69, 9.17) is 4.74 Å². The van der Waals surface area contributed by atoms with E-state index in [0.717, 1.165) is 38.1 Å². The summed E-state index contributed by atoms with van der Waals surface area (Å²) in [6.07, 6.45) is 5.48. The normalized spacial score (nSPS) is 30.6. The van der Waals surface area contributed by atoms with Crippen LogP contribution in [0.25, 0.3) is 0 Å². The summed E-state index contributed by atoms with van der Waals surface area (Å²) in [4.78, 5) is 0. The Hall–Kier alpha value is -0.120. The molecule has 2 unspecified atom stereocenters. The molecular weight excluding hydrogens is 200 g/mol. The van der Waals surface area contributed by atoms with Crippen LogP contribution in [0.1, 0.15) is 32.6 Å². The van der Waals surface area contributed by atoms with Gasteiger partial charge in [-0.15, -0.1) is 0 Å². The molecule has 94 valence electrons. The van der Waals surface area contributed by atoms with Crippen molar-refractivity contribution in [2.75, 3.05) is 32.8 Å². The van der Waals surface area contributed by atoms with Gasteiger partial charge in [0.25, 0.3) is 0 Å². The van der Waals surface area contributed by atoms with E-state index in [2.05, 4.69) is 17.6 Å². The highest BCUT2D eigenvalue weighted by Gasteiger charge is 2.21. The van der Waals surface area contributed by atoms with E-state index >= 15 is 0 Å². The molecule has 2 rings (SSSR count).